The first-order chi connectivity index (χ1) is 6.77. The zero-order chi connectivity index (χ0) is 10.4. The van der Waals surface area contributed by atoms with Crippen molar-refractivity contribution in [2.45, 2.75) is 19.3 Å². The number of carbonyl (C=O) groups is 1. The molecule has 2 N–H and O–H groups in total. The van der Waals surface area contributed by atoms with Crippen molar-refractivity contribution in [3.05, 3.63) is 16.1 Å². The van der Waals surface area contributed by atoms with Crippen LogP contribution in [0, 0.1) is 0 Å². The number of aryl methyl sites for hydroxylation is 1. The highest BCUT2D eigenvalue weighted by Gasteiger charge is 2.09. The molecule has 78 valence electrons. The molecule has 0 spiro atoms. The fraction of sp³-hybridized carbons (Fsp3) is 0.556. The van der Waals surface area contributed by atoms with Gasteiger partial charge in [0.2, 0.25) is 0 Å². The van der Waals surface area contributed by atoms with E-state index in [2.05, 4.69) is 9.72 Å². The number of carbonyl (C=O) groups excluding carboxylic acids is 1. The third-order valence-electron chi connectivity index (χ3n) is 1.79. The van der Waals surface area contributed by atoms with Crippen molar-refractivity contribution in [1.82, 2.24) is 4.98 Å². The standard InChI is InChI=1S/C9H14N2O2S/c1-13-9(12)7-6-14-8(11-7)4-2-3-5-10/h6H,2-5,10H2,1H3. The van der Waals surface area contributed by atoms with Crippen molar-refractivity contribution in [3.8, 4) is 0 Å². The van der Waals surface area contributed by atoms with Gasteiger partial charge in [-0.1, -0.05) is 0 Å². The van der Waals surface area contributed by atoms with Gasteiger partial charge in [0.25, 0.3) is 0 Å². The number of ether oxygens (including phenoxy) is 1. The number of nitrogens with zero attached hydrogens (tertiary/aromatic N) is 1. The summed E-state index contributed by atoms with van der Waals surface area (Å²) in [6.07, 6.45) is 2.90. The van der Waals surface area contributed by atoms with Crippen LogP contribution in [0.15, 0.2) is 5.38 Å². The summed E-state index contributed by atoms with van der Waals surface area (Å²) in [5.41, 5.74) is 5.78. The Morgan fingerprint density at radius 3 is 3.07 bits per heavy atom. The third kappa shape index (κ3) is 3.08. The molecule has 1 aromatic heterocycles. The largest absolute Gasteiger partial charge is 0.464 e. The van der Waals surface area contributed by atoms with E-state index in [-0.39, 0.29) is 5.97 Å². The summed E-state index contributed by atoms with van der Waals surface area (Å²) in [6.45, 7) is 0.704. The monoisotopic (exact) mass is 214 g/mol. The van der Waals surface area contributed by atoms with Crippen molar-refractivity contribution in [3.63, 3.8) is 0 Å². The lowest BCUT2D eigenvalue weighted by Gasteiger charge is -1.94. The summed E-state index contributed by atoms with van der Waals surface area (Å²) >= 11 is 1.49. The molecule has 0 amide bonds. The summed E-state index contributed by atoms with van der Waals surface area (Å²) in [7, 11) is 1.36. The minimum atomic E-state index is -0.369. The second kappa shape index (κ2) is 5.72. The maximum atomic E-state index is 11.1. The van der Waals surface area contributed by atoms with Crippen molar-refractivity contribution < 1.29 is 9.53 Å². The molecule has 0 saturated carbocycles. The first kappa shape index (κ1) is 11.1. The average Bonchev–Trinajstić information content (AvgIpc) is 2.66. The number of aromatic nitrogens is 1. The lowest BCUT2D eigenvalue weighted by molar-refractivity contribution is 0.0594. The molecule has 0 saturated heterocycles. The highest BCUT2D eigenvalue weighted by atomic mass is 32.1. The molecule has 0 radical (unpaired) electrons. The van der Waals surface area contributed by atoms with Crippen molar-refractivity contribution >= 4 is 17.3 Å². The van der Waals surface area contributed by atoms with Crippen LogP contribution in [-0.2, 0) is 11.2 Å². The van der Waals surface area contributed by atoms with Crippen molar-refractivity contribution in [1.29, 1.82) is 0 Å². The fourth-order valence-electron chi connectivity index (χ4n) is 1.04. The predicted octanol–water partition coefficient (Wildman–Crippen LogP) is 1.21. The molecule has 0 aliphatic rings. The lowest BCUT2D eigenvalue weighted by atomic mass is 10.2. The van der Waals surface area contributed by atoms with E-state index in [9.17, 15) is 4.79 Å². The normalized spacial score (nSPS) is 10.1. The Hall–Kier alpha value is -0.940. The van der Waals surface area contributed by atoms with Gasteiger partial charge in [-0.05, 0) is 25.8 Å². The van der Waals surface area contributed by atoms with Gasteiger partial charge in [0.05, 0.1) is 12.1 Å². The van der Waals surface area contributed by atoms with E-state index in [0.29, 0.717) is 12.2 Å². The van der Waals surface area contributed by atoms with Crippen LogP contribution in [-0.4, -0.2) is 24.6 Å². The van der Waals surface area contributed by atoms with Gasteiger partial charge in [-0.25, -0.2) is 9.78 Å². The molecular formula is C9H14N2O2S. The van der Waals surface area contributed by atoms with E-state index < -0.39 is 0 Å². The molecule has 0 aromatic carbocycles. The van der Waals surface area contributed by atoms with E-state index in [4.69, 9.17) is 5.73 Å². The number of methoxy groups -OCH3 is 1. The number of esters is 1. The average molecular weight is 214 g/mol. The molecule has 0 aliphatic carbocycles. The number of nitrogens with two attached hydrogens (primary N) is 1. The molecule has 0 unspecified atom stereocenters. The second-order valence-corrected chi connectivity index (χ2v) is 3.81. The summed E-state index contributed by atoms with van der Waals surface area (Å²) in [5.74, 6) is -0.369. The Balaban J connectivity index is 2.46. The molecule has 0 atom stereocenters. The first-order valence-electron chi connectivity index (χ1n) is 4.50. The van der Waals surface area contributed by atoms with Crippen LogP contribution in [0.2, 0.25) is 0 Å². The number of hydrogen-bond acceptors (Lipinski definition) is 5. The molecule has 0 aliphatic heterocycles. The Labute approximate surface area is 87.1 Å². The molecule has 5 heteroatoms. The number of rotatable bonds is 5. The van der Waals surface area contributed by atoms with Crippen molar-refractivity contribution in [2.75, 3.05) is 13.7 Å². The highest BCUT2D eigenvalue weighted by molar-refractivity contribution is 7.09. The smallest absolute Gasteiger partial charge is 0.357 e. The lowest BCUT2D eigenvalue weighted by Crippen LogP contribution is -2.02. The van der Waals surface area contributed by atoms with Crippen LogP contribution < -0.4 is 5.73 Å². The molecule has 0 bridgehead atoms. The van der Waals surface area contributed by atoms with E-state index in [1.54, 1.807) is 5.38 Å². The van der Waals surface area contributed by atoms with Crippen LogP contribution in [0.4, 0.5) is 0 Å². The zero-order valence-corrected chi connectivity index (χ0v) is 8.97. The molecule has 0 fully saturated rings. The minimum Gasteiger partial charge on any atom is -0.464 e. The predicted molar refractivity (Wildman–Crippen MR) is 55.4 cm³/mol. The Morgan fingerprint density at radius 2 is 2.43 bits per heavy atom. The SMILES string of the molecule is COC(=O)c1csc(CCCCN)n1. The van der Waals surface area contributed by atoms with Gasteiger partial charge in [-0.3, -0.25) is 0 Å². The van der Waals surface area contributed by atoms with E-state index >= 15 is 0 Å². The Bertz CT molecular complexity index is 299. The van der Waals surface area contributed by atoms with Gasteiger partial charge < -0.3 is 10.5 Å². The third-order valence-corrected chi connectivity index (χ3v) is 2.70. The van der Waals surface area contributed by atoms with Crippen LogP contribution in [0.3, 0.4) is 0 Å². The summed E-state index contributed by atoms with van der Waals surface area (Å²) in [5, 5.41) is 2.70. The summed E-state index contributed by atoms with van der Waals surface area (Å²) < 4.78 is 4.56. The maximum Gasteiger partial charge on any atom is 0.357 e. The molecule has 1 rings (SSSR count). The fourth-order valence-corrected chi connectivity index (χ4v) is 1.85. The summed E-state index contributed by atoms with van der Waals surface area (Å²) in [6, 6.07) is 0. The van der Waals surface area contributed by atoms with Gasteiger partial charge in [0, 0.05) is 5.38 Å². The number of unbranched alkanes of at least 4 members (excludes halogenated alkanes) is 1. The van der Waals surface area contributed by atoms with Gasteiger partial charge in [-0.2, -0.15) is 0 Å². The van der Waals surface area contributed by atoms with Crippen LogP contribution in [0.5, 0.6) is 0 Å². The molecule has 1 heterocycles. The molecule has 14 heavy (non-hydrogen) atoms. The van der Waals surface area contributed by atoms with E-state index in [1.807, 2.05) is 0 Å². The first-order valence-corrected chi connectivity index (χ1v) is 5.38. The number of hydrogen-bond donors (Lipinski definition) is 1. The highest BCUT2D eigenvalue weighted by Crippen LogP contribution is 2.13. The Morgan fingerprint density at radius 1 is 1.64 bits per heavy atom. The maximum absolute atomic E-state index is 11.1. The van der Waals surface area contributed by atoms with Crippen LogP contribution in [0.1, 0.15) is 28.3 Å². The zero-order valence-electron chi connectivity index (χ0n) is 8.16. The van der Waals surface area contributed by atoms with Crippen molar-refractivity contribution in [2.24, 2.45) is 5.73 Å². The van der Waals surface area contributed by atoms with Crippen LogP contribution >= 0.6 is 11.3 Å². The molecule has 1 aromatic rings. The minimum absolute atomic E-state index is 0.369. The van der Waals surface area contributed by atoms with E-state index in [1.165, 1.54) is 18.4 Å². The quantitative estimate of drug-likeness (QED) is 0.591. The second-order valence-electron chi connectivity index (χ2n) is 2.86. The molecule has 4 nitrogen and oxygen atoms in total. The van der Waals surface area contributed by atoms with Gasteiger partial charge in [0.1, 0.15) is 0 Å². The van der Waals surface area contributed by atoms with Gasteiger partial charge >= 0.3 is 5.97 Å². The van der Waals surface area contributed by atoms with Crippen LogP contribution in [0.25, 0.3) is 0 Å². The molecular weight excluding hydrogens is 200 g/mol. The van der Waals surface area contributed by atoms with Gasteiger partial charge in [0.15, 0.2) is 5.69 Å². The number of thiazole rings is 1. The van der Waals surface area contributed by atoms with E-state index in [0.717, 1.165) is 24.3 Å². The summed E-state index contributed by atoms with van der Waals surface area (Å²) in [4.78, 5) is 15.2. The Kier molecular flexibility index (Phi) is 4.55. The topological polar surface area (TPSA) is 65.2 Å². The van der Waals surface area contributed by atoms with Gasteiger partial charge in [-0.15, -0.1) is 11.3 Å².